The lowest BCUT2D eigenvalue weighted by Gasteiger charge is -2.18. The van der Waals surface area contributed by atoms with Gasteiger partial charge in [0.1, 0.15) is 4.75 Å². The van der Waals surface area contributed by atoms with Gasteiger partial charge in [0.2, 0.25) is 0 Å². The number of aromatic nitrogens is 1. The average molecular weight is 369 g/mol. The molecular weight excluding hydrogens is 349 g/mol. The first-order valence-corrected chi connectivity index (χ1v) is 9.21. The monoisotopic (exact) mass is 369 g/mol. The van der Waals surface area contributed by atoms with Crippen molar-refractivity contribution in [2.45, 2.75) is 29.4 Å². The number of esters is 1. The molecular formula is C16H20NO3PS2. The Morgan fingerprint density at radius 2 is 2.09 bits per heavy atom. The summed E-state index contributed by atoms with van der Waals surface area (Å²) in [7, 11) is 3.20. The van der Waals surface area contributed by atoms with Gasteiger partial charge < -0.3 is 9.84 Å². The van der Waals surface area contributed by atoms with Gasteiger partial charge in [-0.05, 0) is 25.7 Å². The second-order valence-electron chi connectivity index (χ2n) is 4.86. The van der Waals surface area contributed by atoms with Crippen LogP contribution in [-0.2, 0) is 16.0 Å². The molecule has 0 bridgehead atoms. The van der Waals surface area contributed by atoms with E-state index in [1.165, 1.54) is 29.4 Å². The lowest BCUT2D eigenvalue weighted by molar-refractivity contribution is -0.139. The summed E-state index contributed by atoms with van der Waals surface area (Å²) in [4.78, 5) is 16.5. The fraction of sp³-hybridized carbons (Fsp3) is 0.312. The van der Waals surface area contributed by atoms with E-state index in [1.807, 2.05) is 23.6 Å². The molecule has 1 rings (SSSR count). The minimum Gasteiger partial charge on any atom is -0.433 e. The van der Waals surface area contributed by atoms with Crippen LogP contribution < -0.4 is 0 Å². The molecule has 1 heterocycles. The number of hydrogen-bond acceptors (Lipinski definition) is 6. The Bertz CT molecular complexity index is 606. The molecule has 1 aromatic heterocycles. The molecule has 0 spiro atoms. The summed E-state index contributed by atoms with van der Waals surface area (Å²) >= 11 is 2.82. The number of thiazole rings is 1. The predicted octanol–water partition coefficient (Wildman–Crippen LogP) is 3.66. The van der Waals surface area contributed by atoms with Crippen LogP contribution in [0.3, 0.4) is 0 Å². The number of nitrogens with zero attached hydrogens (tertiary/aromatic N) is 1. The minimum absolute atomic E-state index is 0.0698. The second-order valence-corrected chi connectivity index (χ2v) is 7.92. The van der Waals surface area contributed by atoms with Gasteiger partial charge in [-0.15, -0.1) is 20.2 Å². The van der Waals surface area contributed by atoms with Crippen molar-refractivity contribution in [3.8, 4) is 0 Å². The van der Waals surface area contributed by atoms with Gasteiger partial charge in [0.15, 0.2) is 4.34 Å². The van der Waals surface area contributed by atoms with Crippen LogP contribution in [0, 0.1) is 0 Å². The molecule has 0 aliphatic rings. The van der Waals surface area contributed by atoms with E-state index < -0.39 is 4.75 Å². The number of aliphatic hydroxyl groups is 1. The van der Waals surface area contributed by atoms with Crippen LogP contribution >= 0.6 is 32.0 Å². The summed E-state index contributed by atoms with van der Waals surface area (Å²) in [6, 6.07) is 0. The Labute approximate surface area is 147 Å². The Balaban J connectivity index is 2.52. The van der Waals surface area contributed by atoms with Gasteiger partial charge in [-0.2, -0.15) is 0 Å². The van der Waals surface area contributed by atoms with Crippen LogP contribution in [0.4, 0.5) is 0 Å². The Morgan fingerprint density at radius 3 is 2.78 bits per heavy atom. The average Bonchev–Trinajstić information content (AvgIpc) is 2.93. The van der Waals surface area contributed by atoms with Gasteiger partial charge in [-0.1, -0.05) is 36.1 Å². The van der Waals surface area contributed by atoms with Gasteiger partial charge in [0.25, 0.3) is 0 Å². The Kier molecular flexibility index (Phi) is 9.10. The van der Waals surface area contributed by atoms with Gasteiger partial charge in [0, 0.05) is 18.4 Å². The largest absolute Gasteiger partial charge is 0.433 e. The van der Waals surface area contributed by atoms with Gasteiger partial charge in [-0.25, -0.2) is 4.98 Å². The van der Waals surface area contributed by atoms with Crippen molar-refractivity contribution in [3.05, 3.63) is 47.7 Å². The van der Waals surface area contributed by atoms with Crippen molar-refractivity contribution >= 4 is 43.7 Å². The number of hydrogen-bond donors (Lipinski definition) is 1. The third-order valence-electron chi connectivity index (χ3n) is 2.53. The molecule has 0 amide bonds. The van der Waals surface area contributed by atoms with Crippen LogP contribution in [0.25, 0.3) is 0 Å². The van der Waals surface area contributed by atoms with Crippen LogP contribution in [0.2, 0.25) is 0 Å². The number of aliphatic hydroxyl groups excluding tert-OH is 1. The number of thioether (sulfide) groups is 1. The zero-order valence-corrected chi connectivity index (χ0v) is 15.7. The van der Waals surface area contributed by atoms with E-state index in [0.717, 1.165) is 10.0 Å². The molecule has 0 radical (unpaired) electrons. The fourth-order valence-electron chi connectivity index (χ4n) is 1.36. The SMILES string of the molecule is CC(C)(Sc1nc(CCO)cs1)C(=O)O\C=C/C=C\C=C/C=P. The summed E-state index contributed by atoms with van der Waals surface area (Å²) in [5.41, 5.74) is 0.836. The normalized spacial score (nSPS) is 12.5. The molecule has 4 nitrogen and oxygen atoms in total. The van der Waals surface area contributed by atoms with Crippen LogP contribution in [0.1, 0.15) is 19.5 Å². The topological polar surface area (TPSA) is 59.4 Å². The van der Waals surface area contributed by atoms with Crippen molar-refractivity contribution in [1.82, 2.24) is 4.98 Å². The third kappa shape index (κ3) is 7.75. The van der Waals surface area contributed by atoms with E-state index in [-0.39, 0.29) is 12.6 Å². The number of carbonyl (C=O) groups is 1. The molecule has 1 aromatic rings. The number of allylic oxidation sites excluding steroid dienone is 5. The Morgan fingerprint density at radius 1 is 1.39 bits per heavy atom. The van der Waals surface area contributed by atoms with Crippen molar-refractivity contribution < 1.29 is 14.6 Å². The second kappa shape index (κ2) is 10.6. The smallest absolute Gasteiger partial charge is 0.326 e. The van der Waals surface area contributed by atoms with Crippen LogP contribution in [-0.4, -0.2) is 33.2 Å². The molecule has 0 aliphatic heterocycles. The quantitative estimate of drug-likeness (QED) is 0.237. The number of ether oxygens (including phenoxy) is 1. The lowest BCUT2D eigenvalue weighted by Crippen LogP contribution is -2.28. The van der Waals surface area contributed by atoms with E-state index in [9.17, 15) is 4.79 Å². The molecule has 0 saturated carbocycles. The van der Waals surface area contributed by atoms with Crippen LogP contribution in [0.5, 0.6) is 0 Å². The maximum Gasteiger partial charge on any atom is 0.326 e. The lowest BCUT2D eigenvalue weighted by atomic mass is 10.2. The highest BCUT2D eigenvalue weighted by atomic mass is 32.2. The summed E-state index contributed by atoms with van der Waals surface area (Å²) in [6.07, 6.45) is 10.8. The summed E-state index contributed by atoms with van der Waals surface area (Å²) in [5.74, 6) is 1.40. The highest BCUT2D eigenvalue weighted by Crippen LogP contribution is 2.35. The summed E-state index contributed by atoms with van der Waals surface area (Å²) in [5, 5.41) is 10.8. The van der Waals surface area contributed by atoms with E-state index in [4.69, 9.17) is 9.84 Å². The van der Waals surface area contributed by atoms with Crippen molar-refractivity contribution in [2.24, 2.45) is 0 Å². The molecule has 1 N–H and O–H groups in total. The molecule has 0 saturated heterocycles. The molecule has 23 heavy (non-hydrogen) atoms. The molecule has 7 heteroatoms. The fourth-order valence-corrected chi connectivity index (χ4v) is 3.74. The summed E-state index contributed by atoms with van der Waals surface area (Å²) in [6.45, 7) is 3.66. The highest BCUT2D eigenvalue weighted by molar-refractivity contribution is 8.03. The van der Waals surface area contributed by atoms with Crippen LogP contribution in [0.15, 0.2) is 46.4 Å². The highest BCUT2D eigenvalue weighted by Gasteiger charge is 2.31. The zero-order chi connectivity index (χ0) is 17.1. The Hall–Kier alpha value is -1.20. The van der Waals surface area contributed by atoms with E-state index in [1.54, 1.807) is 31.8 Å². The summed E-state index contributed by atoms with van der Waals surface area (Å²) < 4.78 is 5.19. The molecule has 0 fully saturated rings. The molecule has 0 aliphatic carbocycles. The maximum absolute atomic E-state index is 12.1. The first kappa shape index (κ1) is 19.8. The van der Waals surface area contributed by atoms with E-state index in [0.29, 0.717) is 6.42 Å². The van der Waals surface area contributed by atoms with Gasteiger partial charge >= 0.3 is 5.97 Å². The number of carbonyl (C=O) groups excluding carboxylic acids is 1. The molecule has 124 valence electrons. The van der Waals surface area contributed by atoms with Crippen molar-refractivity contribution in [2.75, 3.05) is 6.61 Å². The standard InChI is InChI=1S/C16H20NO3PS2/c1-16(2,23-15-17-13(8-9-18)12-22-15)14(19)20-10-6-4-3-5-7-11-21/h3-7,10-12,18,21H,8-9H2,1-2H3/b4-3-,7-5-,10-6-. The maximum atomic E-state index is 12.1. The molecule has 0 atom stereocenters. The third-order valence-corrected chi connectivity index (χ3v) is 4.88. The van der Waals surface area contributed by atoms with Crippen molar-refractivity contribution in [3.63, 3.8) is 0 Å². The molecule has 0 aromatic carbocycles. The van der Waals surface area contributed by atoms with E-state index in [2.05, 4.69) is 13.8 Å². The van der Waals surface area contributed by atoms with E-state index >= 15 is 0 Å². The first-order chi connectivity index (χ1) is 11.0. The predicted molar refractivity (Wildman–Crippen MR) is 101 cm³/mol. The van der Waals surface area contributed by atoms with Gasteiger partial charge in [-0.3, -0.25) is 4.79 Å². The number of rotatable bonds is 9. The molecule has 0 unspecified atom stereocenters. The van der Waals surface area contributed by atoms with Crippen molar-refractivity contribution in [1.29, 1.82) is 0 Å². The minimum atomic E-state index is -0.743. The van der Waals surface area contributed by atoms with Gasteiger partial charge in [0.05, 0.1) is 12.0 Å². The first-order valence-electron chi connectivity index (χ1n) is 6.94. The zero-order valence-electron chi connectivity index (χ0n) is 13.1.